The van der Waals surface area contributed by atoms with E-state index in [9.17, 15) is 0 Å². The summed E-state index contributed by atoms with van der Waals surface area (Å²) in [5.41, 5.74) is 4.86. The maximum atomic E-state index is 6.36. The number of ether oxygens (including phenoxy) is 4. The van der Waals surface area contributed by atoms with Crippen molar-refractivity contribution in [3.8, 4) is 28.6 Å². The minimum absolute atomic E-state index is 0.249. The second-order valence-electron chi connectivity index (χ2n) is 11.1. The number of fused-ring (bicyclic) bond motifs is 5. The van der Waals surface area contributed by atoms with Crippen LogP contribution in [-0.4, -0.2) is 64.4 Å². The molecule has 5 aromatic rings. The number of anilines is 1. The molecule has 0 unspecified atom stereocenters. The molecule has 1 aromatic carbocycles. The van der Waals surface area contributed by atoms with Crippen LogP contribution in [0.3, 0.4) is 0 Å². The van der Waals surface area contributed by atoms with Crippen molar-refractivity contribution < 1.29 is 18.9 Å². The van der Waals surface area contributed by atoms with Gasteiger partial charge in [0.1, 0.15) is 32.3 Å². The van der Waals surface area contributed by atoms with E-state index >= 15 is 0 Å². The van der Waals surface area contributed by atoms with Crippen LogP contribution in [0.1, 0.15) is 5.56 Å². The summed E-state index contributed by atoms with van der Waals surface area (Å²) >= 11 is 0. The molecule has 0 radical (unpaired) electrons. The molecule has 0 fully saturated rings. The van der Waals surface area contributed by atoms with Gasteiger partial charge in [-0.15, -0.1) is 0 Å². The molecular formula is C29H33N7O4Si. The van der Waals surface area contributed by atoms with Crippen molar-refractivity contribution in [2.45, 2.75) is 39.0 Å². The zero-order valence-electron chi connectivity index (χ0n) is 23.7. The van der Waals surface area contributed by atoms with E-state index in [4.69, 9.17) is 33.9 Å². The van der Waals surface area contributed by atoms with E-state index in [-0.39, 0.29) is 6.61 Å². The normalized spacial score (nSPS) is 13.6. The molecule has 11 nitrogen and oxygen atoms in total. The molecule has 0 atom stereocenters. The quantitative estimate of drug-likeness (QED) is 0.217. The molecule has 41 heavy (non-hydrogen) atoms. The van der Waals surface area contributed by atoms with Crippen molar-refractivity contribution in [3.05, 3.63) is 54.6 Å². The zero-order chi connectivity index (χ0) is 28.4. The van der Waals surface area contributed by atoms with Crippen LogP contribution >= 0.6 is 0 Å². The van der Waals surface area contributed by atoms with Crippen molar-refractivity contribution in [2.24, 2.45) is 0 Å². The Morgan fingerprint density at radius 3 is 2.71 bits per heavy atom. The smallest absolute Gasteiger partial charge is 0.233 e. The topological polar surface area (TPSA) is 118 Å². The molecule has 5 heterocycles. The van der Waals surface area contributed by atoms with Gasteiger partial charge in [0.2, 0.25) is 17.7 Å². The number of rotatable bonds is 6. The Kier molecular flexibility index (Phi) is 7.41. The van der Waals surface area contributed by atoms with E-state index in [0.29, 0.717) is 61.2 Å². The third kappa shape index (κ3) is 6.08. The number of aromatic nitrogens is 6. The lowest BCUT2D eigenvalue weighted by atomic mass is 10.1. The summed E-state index contributed by atoms with van der Waals surface area (Å²) in [6.07, 6.45) is 7.08. The van der Waals surface area contributed by atoms with Gasteiger partial charge in [0, 0.05) is 45.2 Å². The fourth-order valence-electron chi connectivity index (χ4n) is 4.54. The highest BCUT2D eigenvalue weighted by Crippen LogP contribution is 2.37. The first kappa shape index (κ1) is 26.9. The third-order valence-corrected chi connectivity index (χ3v) is 8.42. The molecule has 212 valence electrons. The van der Waals surface area contributed by atoms with Crippen molar-refractivity contribution >= 4 is 36.1 Å². The number of nitrogens with one attached hydrogen (secondary N) is 1. The fourth-order valence-corrected chi connectivity index (χ4v) is 5.30. The van der Waals surface area contributed by atoms with E-state index in [1.165, 1.54) is 0 Å². The van der Waals surface area contributed by atoms with Crippen LogP contribution < -0.4 is 19.5 Å². The molecule has 0 amide bonds. The van der Waals surface area contributed by atoms with E-state index in [1.807, 2.05) is 35.0 Å². The van der Waals surface area contributed by atoms with Crippen LogP contribution in [0.25, 0.3) is 33.2 Å². The van der Waals surface area contributed by atoms with Gasteiger partial charge in [-0.3, -0.25) is 4.98 Å². The highest BCUT2D eigenvalue weighted by molar-refractivity contribution is 6.76. The first-order valence-corrected chi connectivity index (χ1v) is 17.3. The molecule has 12 heteroatoms. The van der Waals surface area contributed by atoms with Gasteiger partial charge in [0.25, 0.3) is 0 Å². The number of nitrogens with zero attached hydrogens (tertiary/aromatic N) is 6. The molecule has 0 saturated heterocycles. The van der Waals surface area contributed by atoms with Crippen molar-refractivity contribution in [1.29, 1.82) is 0 Å². The molecule has 1 aliphatic rings. The summed E-state index contributed by atoms with van der Waals surface area (Å²) in [4.78, 5) is 23.1. The van der Waals surface area contributed by atoms with E-state index in [1.54, 1.807) is 25.6 Å². The maximum Gasteiger partial charge on any atom is 0.233 e. The van der Waals surface area contributed by atoms with Crippen LogP contribution in [0.2, 0.25) is 25.7 Å². The van der Waals surface area contributed by atoms with Crippen molar-refractivity contribution in [3.63, 3.8) is 0 Å². The fraction of sp³-hybridized carbons (Fsp3) is 0.345. The molecule has 0 aliphatic carbocycles. The monoisotopic (exact) mass is 571 g/mol. The van der Waals surface area contributed by atoms with Crippen LogP contribution in [0.5, 0.6) is 17.5 Å². The molecule has 4 aromatic heterocycles. The summed E-state index contributed by atoms with van der Waals surface area (Å²) in [6, 6.07) is 8.95. The lowest BCUT2D eigenvalue weighted by molar-refractivity contribution is 0.0899. The lowest BCUT2D eigenvalue weighted by Gasteiger charge is -2.15. The van der Waals surface area contributed by atoms with E-state index in [0.717, 1.165) is 33.6 Å². The Morgan fingerprint density at radius 1 is 0.976 bits per heavy atom. The van der Waals surface area contributed by atoms with E-state index < -0.39 is 8.07 Å². The number of hydrogen-bond acceptors (Lipinski definition) is 10. The first-order chi connectivity index (χ1) is 19.9. The predicted octanol–water partition coefficient (Wildman–Crippen LogP) is 5.14. The average molecular weight is 572 g/mol. The SMILES string of the molecule is CNc1nc2c3c(cn(COCC[Si](C)(C)C)c3n1)-c1ccc3ncc(nc3c1)OCCOc1cncc(c1)CO2. The number of hydrogen-bond donors (Lipinski definition) is 1. The standard InChI is InChI=1S/C29H33N7O4Si/c1-30-29-34-27-26-22(16-36(27)18-37-9-10-41(2,3)4)20-5-6-23-24(12-20)33-25(15-32-23)39-8-7-38-21-11-19(13-31-14-21)17-40-28(26)35-29/h5-6,11-16H,7-10,17-18H2,1-4H3,(H,30,34,35). The Hall–Kier alpha value is -4.29. The van der Waals surface area contributed by atoms with Gasteiger partial charge in [-0.1, -0.05) is 25.7 Å². The van der Waals surface area contributed by atoms with Gasteiger partial charge in [0.05, 0.1) is 28.8 Å². The summed E-state index contributed by atoms with van der Waals surface area (Å²) in [5.74, 6) is 1.96. The van der Waals surface area contributed by atoms with Gasteiger partial charge in [-0.25, -0.2) is 9.97 Å². The second-order valence-corrected chi connectivity index (χ2v) is 16.7. The Morgan fingerprint density at radius 2 is 1.85 bits per heavy atom. The first-order valence-electron chi connectivity index (χ1n) is 13.6. The highest BCUT2D eigenvalue weighted by atomic mass is 28.3. The van der Waals surface area contributed by atoms with Gasteiger partial charge < -0.3 is 28.8 Å². The zero-order valence-corrected chi connectivity index (χ0v) is 24.7. The van der Waals surface area contributed by atoms with Gasteiger partial charge in [-0.2, -0.15) is 9.97 Å². The van der Waals surface area contributed by atoms with Gasteiger partial charge in [0.15, 0.2) is 5.65 Å². The average Bonchev–Trinajstić information content (AvgIpc) is 3.33. The largest absolute Gasteiger partial charge is 0.488 e. The van der Waals surface area contributed by atoms with Gasteiger partial charge in [-0.05, 0) is 29.8 Å². The van der Waals surface area contributed by atoms with Crippen molar-refractivity contribution in [1.82, 2.24) is 29.5 Å². The summed E-state index contributed by atoms with van der Waals surface area (Å²) < 4.78 is 26.2. The van der Waals surface area contributed by atoms with Crippen LogP contribution in [0, 0.1) is 0 Å². The van der Waals surface area contributed by atoms with Crippen LogP contribution in [-0.2, 0) is 18.1 Å². The highest BCUT2D eigenvalue weighted by Gasteiger charge is 2.21. The summed E-state index contributed by atoms with van der Waals surface area (Å²) in [6.45, 7) is 8.97. The molecule has 5 bridgehead atoms. The Bertz CT molecular complexity index is 1700. The Balaban J connectivity index is 1.49. The number of pyridine rings is 1. The molecule has 6 rings (SSSR count). The minimum Gasteiger partial charge on any atom is -0.488 e. The van der Waals surface area contributed by atoms with Crippen molar-refractivity contribution in [2.75, 3.05) is 32.2 Å². The minimum atomic E-state index is -1.23. The van der Waals surface area contributed by atoms with Crippen LogP contribution in [0.4, 0.5) is 5.95 Å². The molecule has 0 saturated carbocycles. The molecular weight excluding hydrogens is 538 g/mol. The number of benzene rings is 1. The van der Waals surface area contributed by atoms with Gasteiger partial charge >= 0.3 is 0 Å². The summed E-state index contributed by atoms with van der Waals surface area (Å²) in [7, 11) is 0.562. The molecule has 0 spiro atoms. The van der Waals surface area contributed by atoms with E-state index in [2.05, 4.69) is 34.9 Å². The molecule has 1 aliphatic heterocycles. The lowest BCUT2D eigenvalue weighted by Crippen LogP contribution is -2.22. The maximum absolute atomic E-state index is 6.36. The summed E-state index contributed by atoms with van der Waals surface area (Å²) in [5, 5.41) is 3.85. The third-order valence-electron chi connectivity index (χ3n) is 6.71. The second kappa shape index (κ2) is 11.3. The predicted molar refractivity (Wildman–Crippen MR) is 159 cm³/mol. The Labute approximate surface area is 238 Å². The molecule has 1 N–H and O–H groups in total. The van der Waals surface area contributed by atoms with Crippen LogP contribution in [0.15, 0.2) is 49.1 Å².